The predicted octanol–water partition coefficient (Wildman–Crippen LogP) is 0.710. The number of carbonyl (C=O) groups excluding carboxylic acids is 3. The minimum atomic E-state index is -1.33. The number of aromatic amines is 1. The highest BCUT2D eigenvalue weighted by Gasteiger charge is 2.30. The van der Waals surface area contributed by atoms with Gasteiger partial charge in [0.25, 0.3) is 5.09 Å². The van der Waals surface area contributed by atoms with E-state index >= 15 is 0 Å². The third-order valence-corrected chi connectivity index (χ3v) is 2.81. The van der Waals surface area contributed by atoms with Crippen molar-refractivity contribution >= 4 is 17.5 Å². The van der Waals surface area contributed by atoms with E-state index in [1.807, 2.05) is 0 Å². The van der Waals surface area contributed by atoms with Gasteiger partial charge < -0.3 is 14.6 Å². The molecular formula is C13H14N2O7. The summed E-state index contributed by atoms with van der Waals surface area (Å²) in [6.07, 6.45) is 1.17. The molecule has 1 N–H and O–H groups in total. The fraction of sp³-hybridized carbons (Fsp3) is 0.308. The van der Waals surface area contributed by atoms with Crippen molar-refractivity contribution in [1.29, 1.82) is 0 Å². The fourth-order valence-corrected chi connectivity index (χ4v) is 1.72. The predicted molar refractivity (Wildman–Crippen MR) is 72.3 cm³/mol. The summed E-state index contributed by atoms with van der Waals surface area (Å²) in [5.41, 5.74) is 0.0407. The topological polar surface area (TPSA) is 129 Å². The molecule has 1 aromatic rings. The van der Waals surface area contributed by atoms with E-state index in [9.17, 15) is 24.5 Å². The number of H-pyrrole nitrogens is 1. The first-order chi connectivity index (χ1) is 10.4. The highest BCUT2D eigenvalue weighted by molar-refractivity contribution is 6.11. The summed E-state index contributed by atoms with van der Waals surface area (Å²) in [7, 11) is 1.13. The number of Topliss-reactive ketones (excluding diaryl/α,β-unsaturated/α-hetero) is 2. The summed E-state index contributed by atoms with van der Waals surface area (Å²) in [4.78, 5) is 52.4. The zero-order valence-corrected chi connectivity index (χ0v) is 11.7. The molecule has 1 rings (SSSR count). The first-order valence-corrected chi connectivity index (χ1v) is 6.10. The molecule has 0 amide bonds. The van der Waals surface area contributed by atoms with Crippen LogP contribution < -0.4 is 0 Å². The highest BCUT2D eigenvalue weighted by atomic mass is 16.9. The van der Waals surface area contributed by atoms with Gasteiger partial charge in [-0.25, -0.2) is 4.79 Å². The minimum absolute atomic E-state index is 0.0955. The fourth-order valence-electron chi connectivity index (χ4n) is 1.72. The number of nitrogens with one attached hydrogen (secondary N) is 1. The van der Waals surface area contributed by atoms with Crippen molar-refractivity contribution in [2.75, 3.05) is 13.7 Å². The van der Waals surface area contributed by atoms with E-state index in [0.717, 1.165) is 7.11 Å². The SMILES string of the molecule is C=C(CC(C(=O)CO[N+](=O)[O-])C(=O)c1ccc[nH]1)C(=O)OC. The zero-order valence-electron chi connectivity index (χ0n) is 11.7. The number of hydrogen-bond acceptors (Lipinski definition) is 7. The van der Waals surface area contributed by atoms with Crippen LogP contribution in [0.3, 0.4) is 0 Å². The monoisotopic (exact) mass is 310 g/mol. The van der Waals surface area contributed by atoms with Gasteiger partial charge in [-0.3, -0.25) is 9.59 Å². The van der Waals surface area contributed by atoms with Gasteiger partial charge in [0.2, 0.25) is 0 Å². The van der Waals surface area contributed by atoms with E-state index in [0.29, 0.717) is 0 Å². The Kier molecular flexibility index (Phi) is 5.99. The standard InChI is InChI=1S/C13H14N2O7/c1-8(13(18)21-2)6-9(11(16)7-22-15(19)20)12(17)10-4-3-5-14-10/h3-5,9,14H,1,6-7H2,2H3. The molecule has 0 bridgehead atoms. The number of aromatic nitrogens is 1. The number of ether oxygens (including phenoxy) is 1. The van der Waals surface area contributed by atoms with Gasteiger partial charge in [0, 0.05) is 11.8 Å². The number of ketones is 2. The maximum Gasteiger partial charge on any atom is 0.333 e. The lowest BCUT2D eigenvalue weighted by Crippen LogP contribution is -2.30. The normalized spacial score (nSPS) is 11.3. The second kappa shape index (κ2) is 7.72. The summed E-state index contributed by atoms with van der Waals surface area (Å²) in [6.45, 7) is 2.55. The quantitative estimate of drug-likeness (QED) is 0.177. The van der Waals surface area contributed by atoms with Gasteiger partial charge in [-0.1, -0.05) is 6.58 Å². The van der Waals surface area contributed by atoms with E-state index in [1.54, 1.807) is 6.07 Å². The van der Waals surface area contributed by atoms with Gasteiger partial charge in [0.1, 0.15) is 0 Å². The van der Waals surface area contributed by atoms with Crippen LogP contribution >= 0.6 is 0 Å². The average Bonchev–Trinajstić information content (AvgIpc) is 3.02. The third kappa shape index (κ3) is 4.54. The van der Waals surface area contributed by atoms with Gasteiger partial charge in [-0.2, -0.15) is 0 Å². The molecule has 0 spiro atoms. The summed E-state index contributed by atoms with van der Waals surface area (Å²) in [5.74, 6) is -3.55. The van der Waals surface area contributed by atoms with Gasteiger partial charge in [-0.15, -0.1) is 10.1 Å². The average molecular weight is 310 g/mol. The summed E-state index contributed by atoms with van der Waals surface area (Å²) >= 11 is 0. The Morgan fingerprint density at radius 3 is 2.64 bits per heavy atom. The molecule has 9 nitrogen and oxygen atoms in total. The maximum absolute atomic E-state index is 12.3. The molecule has 22 heavy (non-hydrogen) atoms. The van der Waals surface area contributed by atoms with Crippen molar-refractivity contribution < 1.29 is 29.0 Å². The van der Waals surface area contributed by atoms with Crippen LogP contribution in [0.25, 0.3) is 0 Å². The van der Waals surface area contributed by atoms with Crippen molar-refractivity contribution in [3.63, 3.8) is 0 Å². The number of methoxy groups -OCH3 is 1. The molecule has 0 saturated carbocycles. The molecule has 0 saturated heterocycles. The number of rotatable bonds is 9. The highest BCUT2D eigenvalue weighted by Crippen LogP contribution is 2.18. The van der Waals surface area contributed by atoms with E-state index in [4.69, 9.17) is 0 Å². The molecule has 0 radical (unpaired) electrons. The number of esters is 1. The van der Waals surface area contributed by atoms with Crippen LogP contribution in [0.15, 0.2) is 30.5 Å². The molecule has 0 aliphatic carbocycles. The second-order valence-corrected chi connectivity index (χ2v) is 4.26. The summed E-state index contributed by atoms with van der Waals surface area (Å²) < 4.78 is 4.45. The Labute approximate surface area is 125 Å². The molecule has 1 heterocycles. The lowest BCUT2D eigenvalue weighted by atomic mass is 9.90. The second-order valence-electron chi connectivity index (χ2n) is 4.26. The van der Waals surface area contributed by atoms with Crippen LogP contribution in [0, 0.1) is 16.0 Å². The van der Waals surface area contributed by atoms with Crippen LogP contribution in [0.2, 0.25) is 0 Å². The van der Waals surface area contributed by atoms with Gasteiger partial charge in [0.15, 0.2) is 18.2 Å². The van der Waals surface area contributed by atoms with Crippen LogP contribution in [0.1, 0.15) is 16.9 Å². The molecule has 0 aliphatic rings. The lowest BCUT2D eigenvalue weighted by molar-refractivity contribution is -0.754. The molecule has 1 aromatic heterocycles. The first-order valence-electron chi connectivity index (χ1n) is 6.10. The van der Waals surface area contributed by atoms with Crippen LogP contribution in [0.4, 0.5) is 0 Å². The minimum Gasteiger partial charge on any atom is -0.466 e. The molecule has 118 valence electrons. The molecule has 1 unspecified atom stereocenters. The van der Waals surface area contributed by atoms with Gasteiger partial charge in [0.05, 0.1) is 18.7 Å². The Morgan fingerprint density at radius 1 is 1.45 bits per heavy atom. The Bertz CT molecular complexity index is 592. The van der Waals surface area contributed by atoms with Gasteiger partial charge >= 0.3 is 5.97 Å². The largest absolute Gasteiger partial charge is 0.466 e. The molecule has 9 heteroatoms. The lowest BCUT2D eigenvalue weighted by Gasteiger charge is -2.14. The van der Waals surface area contributed by atoms with E-state index in [-0.39, 0.29) is 17.7 Å². The Hall–Kier alpha value is -2.97. The van der Waals surface area contributed by atoms with Crippen LogP contribution in [-0.4, -0.2) is 41.3 Å². The first kappa shape index (κ1) is 17.1. The van der Waals surface area contributed by atoms with Crippen LogP contribution in [0.5, 0.6) is 0 Å². The molecular weight excluding hydrogens is 296 g/mol. The van der Waals surface area contributed by atoms with Crippen molar-refractivity contribution in [2.24, 2.45) is 5.92 Å². The molecule has 1 atom stereocenters. The van der Waals surface area contributed by atoms with Gasteiger partial charge in [-0.05, 0) is 18.6 Å². The maximum atomic E-state index is 12.3. The number of hydrogen-bond donors (Lipinski definition) is 1. The number of carbonyl (C=O) groups is 3. The smallest absolute Gasteiger partial charge is 0.333 e. The van der Waals surface area contributed by atoms with E-state index in [2.05, 4.69) is 21.1 Å². The zero-order chi connectivity index (χ0) is 16.7. The Balaban J connectivity index is 2.91. The summed E-state index contributed by atoms with van der Waals surface area (Å²) in [5, 5.41) is 9.01. The van der Waals surface area contributed by atoms with Crippen molar-refractivity contribution in [2.45, 2.75) is 6.42 Å². The third-order valence-electron chi connectivity index (χ3n) is 2.81. The van der Waals surface area contributed by atoms with Crippen molar-refractivity contribution in [3.8, 4) is 0 Å². The Morgan fingerprint density at radius 2 is 2.14 bits per heavy atom. The van der Waals surface area contributed by atoms with Crippen molar-refractivity contribution in [1.82, 2.24) is 4.98 Å². The van der Waals surface area contributed by atoms with Crippen LogP contribution in [-0.2, 0) is 19.2 Å². The number of nitrogens with zero attached hydrogens (tertiary/aromatic N) is 1. The van der Waals surface area contributed by atoms with E-state index in [1.165, 1.54) is 12.3 Å². The molecule has 0 fully saturated rings. The summed E-state index contributed by atoms with van der Waals surface area (Å²) in [6, 6.07) is 3.00. The molecule has 0 aliphatic heterocycles. The molecule has 0 aromatic carbocycles. The van der Waals surface area contributed by atoms with E-state index < -0.39 is 35.1 Å². The van der Waals surface area contributed by atoms with Crippen molar-refractivity contribution in [3.05, 3.63) is 46.3 Å².